The van der Waals surface area contributed by atoms with Gasteiger partial charge in [-0.3, -0.25) is 4.79 Å². The molecule has 166 valence electrons. The lowest BCUT2D eigenvalue weighted by Gasteiger charge is -2.15. The number of fused-ring (bicyclic) bond motifs is 1. The molecular weight excluding hydrogens is 434 g/mol. The van der Waals surface area contributed by atoms with Gasteiger partial charge in [-0.15, -0.1) is 0 Å². The maximum absolute atomic E-state index is 13.6. The zero-order chi connectivity index (χ0) is 23.5. The number of hydrogen-bond acceptors (Lipinski definition) is 6. The molecule has 7 heteroatoms. The lowest BCUT2D eigenvalue weighted by molar-refractivity contribution is -0.130. The van der Waals surface area contributed by atoms with Crippen molar-refractivity contribution in [1.29, 1.82) is 0 Å². The van der Waals surface area contributed by atoms with Crippen LogP contribution >= 0.6 is 11.7 Å². The third-order valence-corrected chi connectivity index (χ3v) is 6.04. The Morgan fingerprint density at radius 3 is 2.15 bits per heavy atom. The van der Waals surface area contributed by atoms with Gasteiger partial charge in [0, 0.05) is 37.3 Å². The van der Waals surface area contributed by atoms with E-state index in [1.807, 2.05) is 62.3 Å². The molecule has 0 amide bonds. The number of aryl methyl sites for hydroxylation is 1. The highest BCUT2D eigenvalue weighted by molar-refractivity contribution is 7.00. The third kappa shape index (κ3) is 4.83. The SMILES string of the molecule is Cc1ccc(C(=O)/C(Cc2ccc(N(C)C)cc2)=C(/C(=O)O)c2ccc3nsnc3c2)cc1. The average molecular weight is 458 g/mol. The first kappa shape index (κ1) is 22.4. The van der Waals surface area contributed by atoms with E-state index < -0.39 is 5.97 Å². The number of ketones is 1. The van der Waals surface area contributed by atoms with Crippen LogP contribution in [-0.4, -0.2) is 39.7 Å². The Hall–Kier alpha value is -3.84. The van der Waals surface area contributed by atoms with Crippen molar-refractivity contribution in [3.63, 3.8) is 0 Å². The van der Waals surface area contributed by atoms with Crippen molar-refractivity contribution < 1.29 is 14.7 Å². The molecule has 0 radical (unpaired) electrons. The molecule has 4 aromatic rings. The van der Waals surface area contributed by atoms with Crippen LogP contribution in [0, 0.1) is 6.92 Å². The largest absolute Gasteiger partial charge is 0.478 e. The predicted octanol–water partition coefficient (Wildman–Crippen LogP) is 5.03. The van der Waals surface area contributed by atoms with Crippen molar-refractivity contribution in [1.82, 2.24) is 8.75 Å². The summed E-state index contributed by atoms with van der Waals surface area (Å²) in [7, 11) is 3.90. The minimum Gasteiger partial charge on any atom is -0.478 e. The van der Waals surface area contributed by atoms with Crippen LogP contribution in [-0.2, 0) is 11.2 Å². The molecule has 3 aromatic carbocycles. The topological polar surface area (TPSA) is 83.4 Å². The molecular formula is C26H23N3O3S. The Morgan fingerprint density at radius 1 is 0.879 bits per heavy atom. The highest BCUT2D eigenvalue weighted by Gasteiger charge is 2.24. The van der Waals surface area contributed by atoms with Gasteiger partial charge in [0.05, 0.1) is 17.3 Å². The van der Waals surface area contributed by atoms with Crippen LogP contribution in [0.15, 0.2) is 72.3 Å². The zero-order valence-electron chi connectivity index (χ0n) is 18.6. The van der Waals surface area contributed by atoms with Crippen LogP contribution in [0.2, 0.25) is 0 Å². The summed E-state index contributed by atoms with van der Waals surface area (Å²) in [6, 6.07) is 20.0. The summed E-state index contributed by atoms with van der Waals surface area (Å²) >= 11 is 1.07. The fraction of sp³-hybridized carbons (Fsp3) is 0.154. The Balaban J connectivity index is 1.87. The summed E-state index contributed by atoms with van der Waals surface area (Å²) in [5, 5.41) is 10.2. The number of allylic oxidation sites excluding steroid dienone is 1. The van der Waals surface area contributed by atoms with Gasteiger partial charge in [-0.25, -0.2) is 4.79 Å². The van der Waals surface area contributed by atoms with Crippen molar-refractivity contribution in [2.75, 3.05) is 19.0 Å². The maximum atomic E-state index is 13.6. The van der Waals surface area contributed by atoms with E-state index >= 15 is 0 Å². The smallest absolute Gasteiger partial charge is 0.336 e. The van der Waals surface area contributed by atoms with Crippen molar-refractivity contribution in [3.8, 4) is 0 Å². The maximum Gasteiger partial charge on any atom is 0.336 e. The van der Waals surface area contributed by atoms with Crippen LogP contribution < -0.4 is 4.90 Å². The number of carbonyl (C=O) groups excluding carboxylic acids is 1. The van der Waals surface area contributed by atoms with E-state index in [0.717, 1.165) is 28.5 Å². The highest BCUT2D eigenvalue weighted by Crippen LogP contribution is 2.28. The first-order chi connectivity index (χ1) is 15.8. The lowest BCUT2D eigenvalue weighted by atomic mass is 9.89. The summed E-state index contributed by atoms with van der Waals surface area (Å²) in [6.07, 6.45) is 0.190. The molecule has 0 aliphatic heterocycles. The number of carboxylic acids is 1. The fourth-order valence-corrected chi connectivity index (χ4v) is 4.16. The summed E-state index contributed by atoms with van der Waals surface area (Å²) in [4.78, 5) is 28.1. The third-order valence-electron chi connectivity index (χ3n) is 5.48. The standard InChI is InChI=1S/C26H23N3O3S/c1-16-4-8-18(9-5-16)25(30)21(14-17-6-11-20(12-7-17)29(2)3)24(26(31)32)19-10-13-22-23(15-19)28-33-27-22/h4-13,15H,14H2,1-3H3,(H,31,32)/b24-21+. The van der Waals surface area contributed by atoms with E-state index in [9.17, 15) is 14.7 Å². The summed E-state index contributed by atoms with van der Waals surface area (Å²) in [5.41, 5.74) is 5.29. The summed E-state index contributed by atoms with van der Waals surface area (Å²) in [6.45, 7) is 1.94. The zero-order valence-corrected chi connectivity index (χ0v) is 19.4. The molecule has 4 rings (SSSR count). The van der Waals surface area contributed by atoms with Crippen molar-refractivity contribution in [2.45, 2.75) is 13.3 Å². The van der Waals surface area contributed by atoms with Crippen LogP contribution in [0.1, 0.15) is 27.0 Å². The van der Waals surface area contributed by atoms with Gasteiger partial charge in [-0.2, -0.15) is 8.75 Å². The number of anilines is 1. The molecule has 0 bridgehead atoms. The number of benzene rings is 3. The number of Topliss-reactive ketones (excluding diaryl/α,β-unsaturated/α-hetero) is 1. The molecule has 0 saturated carbocycles. The van der Waals surface area contributed by atoms with Crippen LogP contribution in [0.5, 0.6) is 0 Å². The molecule has 0 saturated heterocycles. The van der Waals surface area contributed by atoms with E-state index in [1.54, 1.807) is 30.3 Å². The number of hydrogen-bond donors (Lipinski definition) is 1. The number of aliphatic carboxylic acids is 1. The number of nitrogens with zero attached hydrogens (tertiary/aromatic N) is 3. The molecule has 1 heterocycles. The van der Waals surface area contributed by atoms with Gasteiger partial charge in [-0.1, -0.05) is 48.0 Å². The molecule has 0 aliphatic rings. The van der Waals surface area contributed by atoms with Gasteiger partial charge in [0.1, 0.15) is 11.0 Å². The summed E-state index contributed by atoms with van der Waals surface area (Å²) in [5.74, 6) is -1.46. The van der Waals surface area contributed by atoms with Gasteiger partial charge in [0.25, 0.3) is 0 Å². The van der Waals surface area contributed by atoms with E-state index in [-0.39, 0.29) is 23.4 Å². The van der Waals surface area contributed by atoms with Gasteiger partial charge < -0.3 is 10.0 Å². The molecule has 0 aliphatic carbocycles. The van der Waals surface area contributed by atoms with Crippen LogP contribution in [0.25, 0.3) is 16.6 Å². The van der Waals surface area contributed by atoms with E-state index in [0.29, 0.717) is 22.2 Å². The molecule has 1 N–H and O–H groups in total. The van der Waals surface area contributed by atoms with E-state index in [2.05, 4.69) is 8.75 Å². The Morgan fingerprint density at radius 2 is 1.52 bits per heavy atom. The average Bonchev–Trinajstić information content (AvgIpc) is 3.27. The Bertz CT molecular complexity index is 1350. The van der Waals surface area contributed by atoms with Gasteiger partial charge in [-0.05, 0) is 42.3 Å². The Labute approximate surface area is 196 Å². The fourth-order valence-electron chi connectivity index (χ4n) is 3.64. The predicted molar refractivity (Wildman–Crippen MR) is 132 cm³/mol. The number of aromatic nitrogens is 2. The molecule has 0 fully saturated rings. The molecule has 0 unspecified atom stereocenters. The van der Waals surface area contributed by atoms with Crippen molar-refractivity contribution >= 4 is 45.8 Å². The van der Waals surface area contributed by atoms with Crippen LogP contribution in [0.3, 0.4) is 0 Å². The van der Waals surface area contributed by atoms with Crippen molar-refractivity contribution in [2.24, 2.45) is 0 Å². The van der Waals surface area contributed by atoms with Gasteiger partial charge >= 0.3 is 5.97 Å². The molecule has 33 heavy (non-hydrogen) atoms. The number of rotatable bonds is 7. The van der Waals surface area contributed by atoms with E-state index in [1.165, 1.54) is 0 Å². The van der Waals surface area contributed by atoms with E-state index in [4.69, 9.17) is 0 Å². The van der Waals surface area contributed by atoms with Crippen molar-refractivity contribution in [3.05, 3.63) is 94.6 Å². The van der Waals surface area contributed by atoms with Gasteiger partial charge in [0.2, 0.25) is 0 Å². The minimum atomic E-state index is -1.15. The highest BCUT2D eigenvalue weighted by atomic mass is 32.1. The summed E-state index contributed by atoms with van der Waals surface area (Å²) < 4.78 is 8.41. The minimum absolute atomic E-state index is 0.0211. The second-order valence-electron chi connectivity index (χ2n) is 8.06. The first-order valence-electron chi connectivity index (χ1n) is 10.4. The number of carbonyl (C=O) groups is 2. The first-order valence-corrected chi connectivity index (χ1v) is 11.1. The monoisotopic (exact) mass is 457 g/mol. The normalized spacial score (nSPS) is 11.8. The molecule has 0 atom stereocenters. The molecule has 1 aromatic heterocycles. The van der Waals surface area contributed by atoms with Gasteiger partial charge in [0.15, 0.2) is 5.78 Å². The number of carboxylic acid groups (broad SMARTS) is 1. The second-order valence-corrected chi connectivity index (χ2v) is 8.59. The Kier molecular flexibility index (Phi) is 6.33. The second kappa shape index (κ2) is 9.34. The van der Waals surface area contributed by atoms with Crippen LogP contribution in [0.4, 0.5) is 5.69 Å². The lowest BCUT2D eigenvalue weighted by Crippen LogP contribution is -2.14. The molecule has 6 nitrogen and oxygen atoms in total. The molecule has 0 spiro atoms. The quantitative estimate of drug-likeness (QED) is 0.310.